The van der Waals surface area contributed by atoms with Gasteiger partial charge in [-0.25, -0.2) is 9.97 Å². The summed E-state index contributed by atoms with van der Waals surface area (Å²) in [5.41, 5.74) is 8.20. The van der Waals surface area contributed by atoms with Crippen LogP contribution >= 0.6 is 23.2 Å². The van der Waals surface area contributed by atoms with E-state index < -0.39 is 0 Å². The van der Waals surface area contributed by atoms with Gasteiger partial charge in [-0.3, -0.25) is 0 Å². The zero-order chi connectivity index (χ0) is 21.6. The molecule has 4 rings (SSSR count). The van der Waals surface area contributed by atoms with E-state index in [0.29, 0.717) is 22.4 Å². The monoisotopic (exact) mass is 454 g/mol. The average molecular weight is 455 g/mol. The second-order valence-electron chi connectivity index (χ2n) is 7.27. The number of hydrogen-bond acceptors (Lipinski definition) is 6. The van der Waals surface area contributed by atoms with Gasteiger partial charge < -0.3 is 21.7 Å². The smallest absolute Gasteiger partial charge is 0.163 e. The van der Waals surface area contributed by atoms with Crippen molar-refractivity contribution in [2.75, 3.05) is 25.0 Å². The summed E-state index contributed by atoms with van der Waals surface area (Å²) in [7, 11) is 0. The molecule has 0 unspecified atom stereocenters. The van der Waals surface area contributed by atoms with Crippen LogP contribution in [0.3, 0.4) is 0 Å². The molecule has 160 valence electrons. The highest BCUT2D eigenvalue weighted by atomic mass is 35.5. The molecule has 5 N–H and O–H groups in total. The molecule has 31 heavy (non-hydrogen) atoms. The number of fused-ring (bicyclic) bond motifs is 1. The van der Waals surface area contributed by atoms with Crippen LogP contribution in [0.15, 0.2) is 66.1 Å². The number of allylic oxidation sites excluding steroid dienone is 2. The number of nitrogens with zero attached hydrogens (tertiary/aromatic N) is 2. The Bertz CT molecular complexity index is 1140. The van der Waals surface area contributed by atoms with E-state index in [1.54, 1.807) is 12.1 Å². The predicted molar refractivity (Wildman–Crippen MR) is 129 cm³/mol. The molecule has 0 aliphatic carbocycles. The van der Waals surface area contributed by atoms with Gasteiger partial charge in [0.25, 0.3) is 0 Å². The van der Waals surface area contributed by atoms with Crippen molar-refractivity contribution >= 4 is 39.9 Å². The van der Waals surface area contributed by atoms with Gasteiger partial charge in [-0.15, -0.1) is 0 Å². The van der Waals surface area contributed by atoms with Crippen molar-refractivity contribution in [2.45, 2.75) is 12.8 Å². The Morgan fingerprint density at radius 3 is 2.55 bits per heavy atom. The fraction of sp³-hybridized carbons (Fsp3) is 0.217. The summed E-state index contributed by atoms with van der Waals surface area (Å²) in [5.74, 6) is 2.39. The third-order valence-electron chi connectivity index (χ3n) is 4.93. The molecule has 0 fully saturated rings. The maximum absolute atomic E-state index is 6.39. The molecule has 0 bridgehead atoms. The Morgan fingerprint density at radius 1 is 0.968 bits per heavy atom. The van der Waals surface area contributed by atoms with Crippen LogP contribution in [-0.2, 0) is 0 Å². The molecule has 0 spiro atoms. The number of halogens is 2. The number of para-hydroxylation sites is 1. The molecule has 8 heteroatoms. The molecular formula is C23H24Cl2N6. The standard InChI is InChI=1S/C23H24Cl2N6/c24-15-7-9-17(19(25)13-15)23-30-20-6-2-1-5-18(20)22(31-23)28-12-4-3-11-27-21-10-8-16(26)14-29-21/h1-2,5-10,13,27,29H,3-4,11-12,14,26H2,(H,28,30,31). The maximum atomic E-state index is 6.39. The molecule has 6 nitrogen and oxygen atoms in total. The van der Waals surface area contributed by atoms with Crippen LogP contribution in [0.25, 0.3) is 22.3 Å². The van der Waals surface area contributed by atoms with Crippen LogP contribution in [0.1, 0.15) is 12.8 Å². The van der Waals surface area contributed by atoms with Crippen LogP contribution in [0.2, 0.25) is 10.0 Å². The van der Waals surface area contributed by atoms with Crippen molar-refractivity contribution < 1.29 is 0 Å². The summed E-state index contributed by atoms with van der Waals surface area (Å²) in [6.45, 7) is 2.36. The summed E-state index contributed by atoms with van der Waals surface area (Å²) in [5, 5.41) is 12.2. The van der Waals surface area contributed by atoms with Crippen molar-refractivity contribution in [3.63, 3.8) is 0 Å². The minimum Gasteiger partial charge on any atom is -0.401 e. The summed E-state index contributed by atoms with van der Waals surface area (Å²) < 4.78 is 0. The van der Waals surface area contributed by atoms with E-state index in [9.17, 15) is 0 Å². The van der Waals surface area contributed by atoms with Gasteiger partial charge in [-0.2, -0.15) is 0 Å². The van der Waals surface area contributed by atoms with Crippen molar-refractivity contribution in [2.24, 2.45) is 5.73 Å². The topological polar surface area (TPSA) is 87.9 Å². The Kier molecular flexibility index (Phi) is 6.79. The summed E-state index contributed by atoms with van der Waals surface area (Å²) in [6.07, 6.45) is 5.90. The lowest BCUT2D eigenvalue weighted by molar-refractivity contribution is 0.647. The number of benzene rings is 2. The number of dihydropyridines is 1. The minimum absolute atomic E-state index is 0.530. The molecule has 0 radical (unpaired) electrons. The molecular weight excluding hydrogens is 431 g/mol. The first kappa shape index (κ1) is 21.3. The molecule has 0 saturated carbocycles. The van der Waals surface area contributed by atoms with E-state index in [-0.39, 0.29) is 0 Å². The Balaban J connectivity index is 1.41. The summed E-state index contributed by atoms with van der Waals surface area (Å²) in [4.78, 5) is 9.45. The average Bonchev–Trinajstić information content (AvgIpc) is 2.77. The molecule has 3 aromatic rings. The molecule has 0 amide bonds. The number of aromatic nitrogens is 2. The largest absolute Gasteiger partial charge is 0.401 e. The Labute approximate surface area is 191 Å². The highest BCUT2D eigenvalue weighted by molar-refractivity contribution is 6.36. The third-order valence-corrected chi connectivity index (χ3v) is 5.48. The van der Waals surface area contributed by atoms with Crippen molar-refractivity contribution in [3.05, 3.63) is 76.2 Å². The fourth-order valence-corrected chi connectivity index (χ4v) is 3.80. The van der Waals surface area contributed by atoms with Crippen molar-refractivity contribution in [1.82, 2.24) is 20.6 Å². The second kappa shape index (κ2) is 9.90. The Morgan fingerprint density at radius 2 is 1.77 bits per heavy atom. The number of rotatable bonds is 8. The number of hydrogen-bond donors (Lipinski definition) is 4. The van der Waals surface area contributed by atoms with E-state index in [1.165, 1.54) is 0 Å². The number of nitrogens with one attached hydrogen (secondary N) is 3. The van der Waals surface area contributed by atoms with Crippen LogP contribution in [-0.4, -0.2) is 29.6 Å². The predicted octanol–water partition coefficient (Wildman–Crippen LogP) is 4.67. The quantitative estimate of drug-likeness (QED) is 0.369. The van der Waals surface area contributed by atoms with Gasteiger partial charge in [0, 0.05) is 34.8 Å². The van der Waals surface area contributed by atoms with E-state index >= 15 is 0 Å². The van der Waals surface area contributed by atoms with Gasteiger partial charge in [0.05, 0.1) is 22.9 Å². The molecule has 2 heterocycles. The lowest BCUT2D eigenvalue weighted by Crippen LogP contribution is -2.32. The first-order valence-electron chi connectivity index (χ1n) is 10.2. The van der Waals surface area contributed by atoms with Crippen LogP contribution in [0, 0.1) is 0 Å². The van der Waals surface area contributed by atoms with Gasteiger partial charge in [-0.05, 0) is 55.3 Å². The van der Waals surface area contributed by atoms with E-state index in [1.807, 2.05) is 42.5 Å². The lowest BCUT2D eigenvalue weighted by Gasteiger charge is -2.16. The third kappa shape index (κ3) is 5.40. The van der Waals surface area contributed by atoms with Crippen molar-refractivity contribution in [3.8, 4) is 11.4 Å². The fourth-order valence-electron chi connectivity index (χ4n) is 3.31. The normalized spacial score (nSPS) is 13.4. The van der Waals surface area contributed by atoms with Crippen LogP contribution in [0.4, 0.5) is 5.82 Å². The SMILES string of the molecule is NC1=CC=C(NCCCCNc2nc(-c3ccc(Cl)cc3Cl)nc3ccccc23)NC1. The zero-order valence-corrected chi connectivity index (χ0v) is 18.5. The van der Waals surface area contributed by atoms with Gasteiger partial charge in [0.2, 0.25) is 0 Å². The maximum Gasteiger partial charge on any atom is 0.163 e. The first-order valence-corrected chi connectivity index (χ1v) is 11.0. The van der Waals surface area contributed by atoms with E-state index in [4.69, 9.17) is 38.9 Å². The summed E-state index contributed by atoms with van der Waals surface area (Å²) >= 11 is 12.4. The van der Waals surface area contributed by atoms with E-state index in [0.717, 1.165) is 59.7 Å². The van der Waals surface area contributed by atoms with Crippen LogP contribution < -0.4 is 21.7 Å². The minimum atomic E-state index is 0.530. The van der Waals surface area contributed by atoms with Crippen LogP contribution in [0.5, 0.6) is 0 Å². The molecule has 1 aliphatic heterocycles. The second-order valence-corrected chi connectivity index (χ2v) is 8.12. The zero-order valence-electron chi connectivity index (χ0n) is 17.0. The number of nitrogens with two attached hydrogens (primary N) is 1. The van der Waals surface area contributed by atoms with E-state index in [2.05, 4.69) is 16.0 Å². The number of unbranched alkanes of at least 4 members (excludes halogenated alkanes) is 1. The number of anilines is 1. The summed E-state index contributed by atoms with van der Waals surface area (Å²) in [6, 6.07) is 13.3. The lowest BCUT2D eigenvalue weighted by atomic mass is 10.1. The molecule has 1 aliphatic rings. The van der Waals surface area contributed by atoms with Gasteiger partial charge >= 0.3 is 0 Å². The van der Waals surface area contributed by atoms with Gasteiger partial charge in [0.15, 0.2) is 5.82 Å². The molecule has 2 aromatic carbocycles. The van der Waals surface area contributed by atoms with Gasteiger partial charge in [-0.1, -0.05) is 35.3 Å². The molecule has 0 saturated heterocycles. The highest BCUT2D eigenvalue weighted by Crippen LogP contribution is 2.31. The first-order chi connectivity index (χ1) is 15.1. The molecule has 0 atom stereocenters. The highest BCUT2D eigenvalue weighted by Gasteiger charge is 2.12. The van der Waals surface area contributed by atoms with Crippen molar-refractivity contribution in [1.29, 1.82) is 0 Å². The molecule has 1 aromatic heterocycles. The van der Waals surface area contributed by atoms with Gasteiger partial charge in [0.1, 0.15) is 5.82 Å². The Hall–Kier alpha value is -2.96.